The summed E-state index contributed by atoms with van der Waals surface area (Å²) < 4.78 is 3.36. The van der Waals surface area contributed by atoms with Crippen LogP contribution in [-0.2, 0) is 0 Å². The second-order valence-corrected chi connectivity index (χ2v) is 4.17. The lowest BCUT2D eigenvalue weighted by molar-refractivity contribution is 1.20. The Hall–Kier alpha value is 0.300. The molecular weight excluding hydrogens is 201 g/mol. The van der Waals surface area contributed by atoms with Crippen molar-refractivity contribution >= 4 is 24.4 Å². The van der Waals surface area contributed by atoms with Crippen molar-refractivity contribution in [2.75, 3.05) is 7.05 Å². The summed E-state index contributed by atoms with van der Waals surface area (Å²) in [6, 6.07) is 0. The Morgan fingerprint density at radius 1 is 1.86 bits per heavy atom. The van der Waals surface area contributed by atoms with E-state index >= 15 is 0 Å². The maximum atomic E-state index is 3.64. The first-order chi connectivity index (χ1) is 3.31. The van der Waals surface area contributed by atoms with E-state index in [4.69, 9.17) is 0 Å². The average molecular weight is 211 g/mol. The summed E-state index contributed by atoms with van der Waals surface area (Å²) in [5, 5.41) is 3.06. The largest absolute Gasteiger partial charge is 0.291 e. The third kappa shape index (κ3) is 4.15. The lowest BCUT2D eigenvalue weighted by atomic mass is 10.8. The van der Waals surface area contributed by atoms with Crippen molar-refractivity contribution in [2.45, 2.75) is 6.92 Å². The maximum absolute atomic E-state index is 3.64. The van der Waals surface area contributed by atoms with Crippen LogP contribution in [-0.4, -0.2) is 10.7 Å². The van der Waals surface area contributed by atoms with Gasteiger partial charge < -0.3 is 0 Å². The zero-order chi connectivity index (χ0) is 5.70. The van der Waals surface area contributed by atoms with Gasteiger partial charge in [-0.25, -0.2) is 0 Å². The third-order valence-electron chi connectivity index (χ3n) is 0.585. The van der Waals surface area contributed by atoms with E-state index in [2.05, 4.69) is 18.8 Å². The van der Waals surface area contributed by atoms with Gasteiger partial charge in [-0.15, -0.1) is 0 Å². The van der Waals surface area contributed by atoms with Gasteiger partial charge >= 0.3 is 0 Å². The van der Waals surface area contributed by atoms with Gasteiger partial charge in [0.2, 0.25) is 0 Å². The van der Waals surface area contributed by atoms with Crippen LogP contribution in [0.3, 0.4) is 0 Å². The van der Waals surface area contributed by atoms with Crippen molar-refractivity contribution in [2.24, 2.45) is 0 Å². The number of hydrogen-bond acceptors (Lipinski definition) is 1. The predicted octanol–water partition coefficient (Wildman–Crippen LogP) is 1.47. The molecule has 0 saturated carbocycles. The molecule has 0 aromatic heterocycles. The van der Waals surface area contributed by atoms with Crippen LogP contribution < -0.4 is 5.32 Å². The van der Waals surface area contributed by atoms with E-state index in [0.29, 0.717) is 0 Å². The fourth-order valence-corrected chi connectivity index (χ4v) is 1.14. The predicted molar refractivity (Wildman–Crippen MR) is 44.0 cm³/mol. The second-order valence-electron chi connectivity index (χ2n) is 1.05. The van der Waals surface area contributed by atoms with Gasteiger partial charge in [-0.1, -0.05) is 27.3 Å². The van der Waals surface area contributed by atoms with Gasteiger partial charge in [0.05, 0.1) is 0 Å². The van der Waals surface area contributed by atoms with Crippen molar-refractivity contribution < 1.29 is 0 Å². The lowest BCUT2D eigenvalue weighted by Crippen LogP contribution is -2.09. The maximum Gasteiger partial charge on any atom is 0.0218 e. The monoisotopic (exact) mass is 211 g/mol. The highest BCUT2D eigenvalue weighted by Crippen LogP contribution is 1.95. The number of halogens is 1. The first-order valence-electron chi connectivity index (χ1n) is 2.07. The molecule has 7 heavy (non-hydrogen) atoms. The molecule has 0 saturated heterocycles. The van der Waals surface area contributed by atoms with Gasteiger partial charge in [-0.2, -0.15) is 0 Å². The van der Waals surface area contributed by atoms with Crippen LogP contribution >= 0.6 is 20.7 Å². The third-order valence-corrected chi connectivity index (χ3v) is 2.50. The van der Waals surface area contributed by atoms with Crippen LogP contribution in [0.15, 0.2) is 10.7 Å². The Balaban J connectivity index is 3.49. The molecule has 0 atom stereocenters. The number of nitrogens with one attached hydrogen (secondary N) is 1. The lowest BCUT2D eigenvalue weighted by Gasteiger charge is -1.88. The first kappa shape index (κ1) is 7.30. The summed E-state index contributed by atoms with van der Waals surface area (Å²) in [4.78, 5) is 0. The van der Waals surface area contributed by atoms with Gasteiger partial charge in [-0.3, -0.25) is 5.32 Å². The van der Waals surface area contributed by atoms with E-state index in [0.717, 1.165) is 0 Å². The molecule has 0 spiro atoms. The van der Waals surface area contributed by atoms with Crippen molar-refractivity contribution in [3.05, 3.63) is 10.7 Å². The summed E-state index contributed by atoms with van der Waals surface area (Å²) in [5.74, 6) is 0. The molecule has 0 rings (SSSR count). The van der Waals surface area contributed by atoms with Crippen LogP contribution in [0.25, 0.3) is 0 Å². The Kier molecular flexibility index (Phi) is 4.65. The molecule has 0 aliphatic rings. The van der Waals surface area contributed by atoms with Crippen LogP contribution in [0.1, 0.15) is 6.92 Å². The van der Waals surface area contributed by atoms with E-state index in [1.54, 1.807) is 0 Å². The second kappa shape index (κ2) is 4.46. The van der Waals surface area contributed by atoms with E-state index in [9.17, 15) is 0 Å². The summed E-state index contributed by atoms with van der Waals surface area (Å²) in [6.45, 7) is 5.73. The van der Waals surface area contributed by atoms with Crippen LogP contribution in [0.5, 0.6) is 0 Å². The summed E-state index contributed by atoms with van der Waals surface area (Å²) in [5.41, 5.74) is 0. The van der Waals surface area contributed by atoms with Gasteiger partial charge in [0.1, 0.15) is 0 Å². The van der Waals surface area contributed by atoms with Crippen molar-refractivity contribution in [3.8, 4) is 0 Å². The topological polar surface area (TPSA) is 12.0 Å². The first-order valence-corrected chi connectivity index (χ1v) is 4.39. The molecule has 42 valence electrons. The fraction of sp³-hybridized carbons (Fsp3) is 0.400. The van der Waals surface area contributed by atoms with Crippen LogP contribution in [0.2, 0.25) is 0 Å². The highest BCUT2D eigenvalue weighted by Gasteiger charge is 1.73. The Morgan fingerprint density at radius 2 is 2.43 bits per heavy atom. The molecule has 2 heteroatoms. The van der Waals surface area contributed by atoms with Crippen molar-refractivity contribution in [1.82, 2.24) is 5.32 Å². The molecule has 0 fully saturated rings. The van der Waals surface area contributed by atoms with Gasteiger partial charge in [-0.05, 0) is 18.1 Å². The highest BCUT2D eigenvalue weighted by atomic mass is 127. The summed E-state index contributed by atoms with van der Waals surface area (Å²) in [6.07, 6.45) is 0. The summed E-state index contributed by atoms with van der Waals surface area (Å²) in [7, 11) is 1.94. The normalized spacial score (nSPS) is 12.6. The zero-order valence-corrected chi connectivity index (χ0v) is 6.82. The molecule has 0 unspecified atom stereocenters. The molecule has 1 N–H and O–H groups in total. The Labute approximate surface area is 54.6 Å². The minimum Gasteiger partial charge on any atom is -0.291 e. The highest BCUT2D eigenvalue weighted by molar-refractivity contribution is 14.2. The zero-order valence-electron chi connectivity index (χ0n) is 4.66. The quantitative estimate of drug-likeness (QED) is 0.682. The SMILES string of the molecule is C=CI=C(C)NC. The fourth-order valence-electron chi connectivity index (χ4n) is 0.170. The van der Waals surface area contributed by atoms with E-state index in [-0.39, 0.29) is 20.7 Å². The Bertz CT molecular complexity index is 86.1. The Morgan fingerprint density at radius 3 is 2.57 bits per heavy atom. The van der Waals surface area contributed by atoms with Crippen LogP contribution in [0.4, 0.5) is 0 Å². The molecular formula is C5H10IN. The van der Waals surface area contributed by atoms with Crippen molar-refractivity contribution in [3.63, 3.8) is 0 Å². The molecule has 0 amide bonds. The van der Waals surface area contributed by atoms with Gasteiger partial charge in [0, 0.05) is 3.63 Å². The number of rotatable bonds is 2. The van der Waals surface area contributed by atoms with Crippen LogP contribution in [0, 0.1) is 0 Å². The minimum atomic E-state index is 0.135. The number of hydrogen-bond donors (Lipinski definition) is 1. The molecule has 1 nitrogen and oxygen atoms in total. The van der Waals surface area contributed by atoms with Gasteiger partial charge in [0.15, 0.2) is 0 Å². The molecule has 0 aliphatic carbocycles. The summed E-state index contributed by atoms with van der Waals surface area (Å²) >= 11 is 0.135. The molecule has 0 aromatic rings. The smallest absolute Gasteiger partial charge is 0.0218 e. The standard InChI is InChI=1S/C5H10IN/c1-4-6-5(2)7-3/h4,7H,1H2,2-3H3. The molecule has 0 bridgehead atoms. The van der Waals surface area contributed by atoms with Gasteiger partial charge in [0.25, 0.3) is 0 Å². The average Bonchev–Trinajstić information content (AvgIpc) is 1.68. The van der Waals surface area contributed by atoms with E-state index in [1.165, 1.54) is 3.63 Å². The molecule has 0 radical (unpaired) electrons. The molecule has 0 aliphatic heterocycles. The van der Waals surface area contributed by atoms with E-state index < -0.39 is 0 Å². The molecule has 0 aromatic carbocycles. The minimum absolute atomic E-state index is 0.135. The van der Waals surface area contributed by atoms with E-state index in [1.807, 2.05) is 11.1 Å². The van der Waals surface area contributed by atoms with Crippen molar-refractivity contribution in [1.29, 1.82) is 0 Å². The molecule has 0 heterocycles.